The summed E-state index contributed by atoms with van der Waals surface area (Å²) in [4.78, 5) is 23.2. The van der Waals surface area contributed by atoms with Crippen molar-refractivity contribution in [3.8, 4) is 5.75 Å². The molecule has 0 aliphatic heterocycles. The molecule has 4 nitrogen and oxygen atoms in total. The molecule has 0 unspecified atom stereocenters. The van der Waals surface area contributed by atoms with Gasteiger partial charge in [0.05, 0.1) is 0 Å². The summed E-state index contributed by atoms with van der Waals surface area (Å²) in [6, 6.07) is 14.0. The van der Waals surface area contributed by atoms with Crippen LogP contribution in [0.1, 0.15) is 22.8 Å². The van der Waals surface area contributed by atoms with E-state index in [2.05, 4.69) is 11.9 Å². The first-order valence-corrected chi connectivity index (χ1v) is 7.98. The van der Waals surface area contributed by atoms with Crippen LogP contribution in [0.25, 0.3) is 6.08 Å². The minimum Gasteiger partial charge on any atom is -0.488 e. The first-order valence-electron chi connectivity index (χ1n) is 7.60. The monoisotopic (exact) mass is 355 g/mol. The minimum atomic E-state index is -0.124. The van der Waals surface area contributed by atoms with Crippen LogP contribution < -0.4 is 10.1 Å². The fraction of sp³-hybridized carbons (Fsp3) is 0.100. The molecule has 1 N–H and O–H groups in total. The molecule has 2 aromatic rings. The first kappa shape index (κ1) is 18.5. The zero-order valence-electron chi connectivity index (χ0n) is 13.8. The van der Waals surface area contributed by atoms with E-state index in [1.807, 2.05) is 12.1 Å². The number of rotatable bonds is 7. The van der Waals surface area contributed by atoms with Gasteiger partial charge in [-0.2, -0.15) is 0 Å². The van der Waals surface area contributed by atoms with E-state index in [4.69, 9.17) is 16.3 Å². The van der Waals surface area contributed by atoms with Crippen LogP contribution in [0.4, 0.5) is 5.69 Å². The van der Waals surface area contributed by atoms with Crippen molar-refractivity contribution in [3.63, 3.8) is 0 Å². The molecule has 2 aromatic carbocycles. The number of ketones is 1. The summed E-state index contributed by atoms with van der Waals surface area (Å²) in [6.07, 6.45) is 3.23. The molecule has 0 bridgehead atoms. The maximum Gasteiger partial charge on any atom is 0.221 e. The number of nitrogens with one attached hydrogen (secondary N) is 1. The van der Waals surface area contributed by atoms with Crippen LogP contribution in [0.3, 0.4) is 0 Å². The van der Waals surface area contributed by atoms with Crippen LogP contribution in [0.2, 0.25) is 0 Å². The SMILES string of the molecule is C=C(Cl)COc1ccc(C(=O)/C=C/c2ccc(NC(C)=O)cc2)cc1. The van der Waals surface area contributed by atoms with E-state index in [-0.39, 0.29) is 18.3 Å². The van der Waals surface area contributed by atoms with Crippen LogP contribution in [0.5, 0.6) is 5.75 Å². The van der Waals surface area contributed by atoms with Gasteiger partial charge in [-0.1, -0.05) is 36.4 Å². The molecule has 0 atom stereocenters. The smallest absolute Gasteiger partial charge is 0.221 e. The van der Waals surface area contributed by atoms with Crippen molar-refractivity contribution in [3.05, 3.63) is 77.3 Å². The Morgan fingerprint density at radius 1 is 1.12 bits per heavy atom. The van der Waals surface area contributed by atoms with Crippen LogP contribution in [-0.4, -0.2) is 18.3 Å². The Morgan fingerprint density at radius 2 is 1.76 bits per heavy atom. The summed E-state index contributed by atoms with van der Waals surface area (Å²) in [5, 5.41) is 3.10. The highest BCUT2D eigenvalue weighted by Gasteiger charge is 2.03. The lowest BCUT2D eigenvalue weighted by molar-refractivity contribution is -0.114. The van der Waals surface area contributed by atoms with Gasteiger partial charge in [0.15, 0.2) is 5.78 Å². The number of ether oxygens (including phenoxy) is 1. The third kappa shape index (κ3) is 6.28. The molecule has 128 valence electrons. The van der Waals surface area contributed by atoms with Gasteiger partial charge in [-0.15, -0.1) is 0 Å². The van der Waals surface area contributed by atoms with E-state index in [1.54, 1.807) is 42.5 Å². The number of hydrogen-bond donors (Lipinski definition) is 1. The number of carbonyl (C=O) groups excluding carboxylic acids is 2. The van der Waals surface area contributed by atoms with Crippen molar-refractivity contribution >= 4 is 35.1 Å². The molecule has 0 radical (unpaired) electrons. The van der Waals surface area contributed by atoms with Gasteiger partial charge in [0.25, 0.3) is 0 Å². The normalized spacial score (nSPS) is 10.5. The standard InChI is InChI=1S/C20H18ClNO3/c1-14(21)13-25-19-10-6-17(7-11-19)20(24)12-5-16-3-8-18(9-4-16)22-15(2)23/h3-12H,1,13H2,2H3,(H,22,23)/b12-5+. The molecule has 0 spiro atoms. The summed E-state index contributed by atoms with van der Waals surface area (Å²) in [6.45, 7) is 5.22. The third-order valence-corrected chi connectivity index (χ3v) is 3.30. The Labute approximate surface area is 151 Å². The average molecular weight is 356 g/mol. The third-order valence-electron chi connectivity index (χ3n) is 3.19. The molecule has 0 aliphatic carbocycles. The Hall–Kier alpha value is -2.85. The number of hydrogen-bond acceptors (Lipinski definition) is 3. The van der Waals surface area contributed by atoms with Gasteiger partial charge in [0.1, 0.15) is 12.4 Å². The second kappa shape index (κ2) is 8.85. The van der Waals surface area contributed by atoms with Gasteiger partial charge in [-0.3, -0.25) is 9.59 Å². The number of carbonyl (C=O) groups is 2. The molecular formula is C20H18ClNO3. The van der Waals surface area contributed by atoms with Gasteiger partial charge in [-0.05, 0) is 48.0 Å². The van der Waals surface area contributed by atoms with Crippen molar-refractivity contribution in [2.24, 2.45) is 0 Å². The molecule has 0 aromatic heterocycles. The molecule has 1 amide bonds. The van der Waals surface area contributed by atoms with Gasteiger partial charge < -0.3 is 10.1 Å². The van der Waals surface area contributed by atoms with Crippen LogP contribution >= 0.6 is 11.6 Å². The topological polar surface area (TPSA) is 55.4 Å². The van der Waals surface area contributed by atoms with Crippen LogP contribution in [0.15, 0.2) is 66.2 Å². The first-order chi connectivity index (χ1) is 11.9. The maximum absolute atomic E-state index is 12.2. The van der Waals surface area contributed by atoms with Crippen LogP contribution in [-0.2, 0) is 4.79 Å². The van der Waals surface area contributed by atoms with Crippen molar-refractivity contribution in [2.45, 2.75) is 6.92 Å². The van der Waals surface area contributed by atoms with Crippen molar-refractivity contribution in [1.29, 1.82) is 0 Å². The lowest BCUT2D eigenvalue weighted by Crippen LogP contribution is -2.05. The average Bonchev–Trinajstić information content (AvgIpc) is 2.59. The largest absolute Gasteiger partial charge is 0.488 e. The van der Waals surface area contributed by atoms with Gasteiger partial charge in [0, 0.05) is 23.2 Å². The lowest BCUT2D eigenvalue weighted by Gasteiger charge is -2.05. The Morgan fingerprint density at radius 3 is 2.32 bits per heavy atom. The van der Waals surface area contributed by atoms with Gasteiger partial charge >= 0.3 is 0 Å². The Bertz CT molecular complexity index is 793. The predicted octanol–water partition coefficient (Wildman–Crippen LogP) is 4.67. The second-order valence-corrected chi connectivity index (χ2v) is 5.87. The summed E-state index contributed by atoms with van der Waals surface area (Å²) in [5.41, 5.74) is 2.14. The van der Waals surface area contributed by atoms with Crippen molar-refractivity contribution in [2.75, 3.05) is 11.9 Å². The number of allylic oxidation sites excluding steroid dienone is 1. The minimum absolute atomic E-state index is 0.112. The summed E-state index contributed by atoms with van der Waals surface area (Å²) >= 11 is 5.64. The van der Waals surface area contributed by atoms with E-state index in [9.17, 15) is 9.59 Å². The molecule has 0 aliphatic rings. The molecule has 25 heavy (non-hydrogen) atoms. The summed E-state index contributed by atoms with van der Waals surface area (Å²) < 4.78 is 5.38. The molecule has 5 heteroatoms. The molecule has 0 saturated carbocycles. The number of anilines is 1. The summed E-state index contributed by atoms with van der Waals surface area (Å²) in [7, 11) is 0. The molecule has 0 saturated heterocycles. The summed E-state index contributed by atoms with van der Waals surface area (Å²) in [5.74, 6) is 0.386. The van der Waals surface area contributed by atoms with E-state index in [1.165, 1.54) is 13.0 Å². The number of halogens is 1. The highest BCUT2D eigenvalue weighted by atomic mass is 35.5. The predicted molar refractivity (Wildman–Crippen MR) is 101 cm³/mol. The molecular weight excluding hydrogens is 338 g/mol. The number of amides is 1. The quantitative estimate of drug-likeness (QED) is 0.580. The van der Waals surface area contributed by atoms with Crippen LogP contribution in [0, 0.1) is 0 Å². The fourth-order valence-electron chi connectivity index (χ4n) is 2.03. The second-order valence-electron chi connectivity index (χ2n) is 5.33. The highest BCUT2D eigenvalue weighted by Crippen LogP contribution is 2.15. The zero-order chi connectivity index (χ0) is 18.2. The van der Waals surface area contributed by atoms with Crippen molar-refractivity contribution in [1.82, 2.24) is 0 Å². The zero-order valence-corrected chi connectivity index (χ0v) is 14.5. The van der Waals surface area contributed by atoms with Crippen molar-refractivity contribution < 1.29 is 14.3 Å². The van der Waals surface area contributed by atoms with Gasteiger partial charge in [0.2, 0.25) is 5.91 Å². The Balaban J connectivity index is 1.97. The molecule has 2 rings (SSSR count). The lowest BCUT2D eigenvalue weighted by atomic mass is 10.1. The Kier molecular flexibility index (Phi) is 6.54. The van der Waals surface area contributed by atoms with E-state index in [0.717, 1.165) is 5.56 Å². The molecule has 0 heterocycles. The van der Waals surface area contributed by atoms with Gasteiger partial charge in [-0.25, -0.2) is 0 Å². The fourth-order valence-corrected chi connectivity index (χ4v) is 2.08. The maximum atomic E-state index is 12.2. The highest BCUT2D eigenvalue weighted by molar-refractivity contribution is 6.29. The van der Waals surface area contributed by atoms with E-state index < -0.39 is 0 Å². The van der Waals surface area contributed by atoms with E-state index in [0.29, 0.717) is 22.0 Å². The number of benzene rings is 2. The molecule has 0 fully saturated rings. The van der Waals surface area contributed by atoms with E-state index >= 15 is 0 Å².